The number of piperidine rings is 1. The lowest BCUT2D eigenvalue weighted by Crippen LogP contribution is -2.40. The standard InChI is InChI=1S/C15H21NO/c1-11-3-5-14-12(2)4-6-15(16(14)9-11)13-7-8-17-10-13/h5,7-8,10-12,15H,3-4,6,9H2,1-2H3/t11-,12-,15-/m0/s1. The quantitative estimate of drug-likeness (QED) is 0.727. The first-order valence-corrected chi connectivity index (χ1v) is 6.74. The van der Waals surface area contributed by atoms with Gasteiger partial charge in [0.05, 0.1) is 18.6 Å². The fraction of sp³-hybridized carbons (Fsp3) is 0.600. The van der Waals surface area contributed by atoms with Gasteiger partial charge < -0.3 is 9.32 Å². The molecular formula is C15H21NO. The summed E-state index contributed by atoms with van der Waals surface area (Å²) in [7, 11) is 0. The third kappa shape index (κ3) is 1.90. The van der Waals surface area contributed by atoms with Gasteiger partial charge >= 0.3 is 0 Å². The molecule has 0 radical (unpaired) electrons. The highest BCUT2D eigenvalue weighted by Gasteiger charge is 2.33. The molecule has 2 nitrogen and oxygen atoms in total. The molecule has 3 rings (SSSR count). The molecule has 0 unspecified atom stereocenters. The summed E-state index contributed by atoms with van der Waals surface area (Å²) < 4.78 is 5.25. The van der Waals surface area contributed by atoms with Crippen LogP contribution in [0.25, 0.3) is 0 Å². The Bertz CT molecular complexity index is 407. The van der Waals surface area contributed by atoms with E-state index >= 15 is 0 Å². The van der Waals surface area contributed by atoms with Gasteiger partial charge in [-0.05, 0) is 37.2 Å². The molecule has 0 spiro atoms. The number of hydrogen-bond donors (Lipinski definition) is 0. The molecule has 0 N–H and O–H groups in total. The average Bonchev–Trinajstić information content (AvgIpc) is 2.83. The lowest BCUT2D eigenvalue weighted by molar-refractivity contribution is 0.137. The van der Waals surface area contributed by atoms with E-state index in [9.17, 15) is 0 Å². The SMILES string of the molecule is C[C@H]1CC=C2[C@@H](C)CC[C@@H](c3ccoc3)N2C1. The molecular weight excluding hydrogens is 210 g/mol. The highest BCUT2D eigenvalue weighted by Crippen LogP contribution is 2.42. The van der Waals surface area contributed by atoms with E-state index in [1.807, 2.05) is 6.26 Å². The van der Waals surface area contributed by atoms with Gasteiger partial charge in [0.1, 0.15) is 0 Å². The molecule has 1 saturated heterocycles. The second-order valence-electron chi connectivity index (χ2n) is 5.67. The van der Waals surface area contributed by atoms with Crippen LogP contribution in [0, 0.1) is 11.8 Å². The Morgan fingerprint density at radius 1 is 1.29 bits per heavy atom. The summed E-state index contributed by atoms with van der Waals surface area (Å²) in [5.74, 6) is 1.50. The maximum Gasteiger partial charge on any atom is 0.0955 e. The van der Waals surface area contributed by atoms with Crippen molar-refractivity contribution in [3.8, 4) is 0 Å². The summed E-state index contributed by atoms with van der Waals surface area (Å²) in [6.07, 6.45) is 9.97. The van der Waals surface area contributed by atoms with Crippen LogP contribution in [-0.2, 0) is 0 Å². The summed E-state index contributed by atoms with van der Waals surface area (Å²) in [4.78, 5) is 2.62. The van der Waals surface area contributed by atoms with E-state index in [0.717, 1.165) is 11.8 Å². The molecule has 0 aromatic carbocycles. The van der Waals surface area contributed by atoms with Crippen molar-refractivity contribution in [3.05, 3.63) is 35.9 Å². The molecule has 1 fully saturated rings. The number of hydrogen-bond acceptors (Lipinski definition) is 2. The lowest BCUT2D eigenvalue weighted by atomic mass is 9.84. The third-order valence-corrected chi connectivity index (χ3v) is 4.25. The Morgan fingerprint density at radius 2 is 2.18 bits per heavy atom. The monoisotopic (exact) mass is 231 g/mol. The number of furan rings is 1. The van der Waals surface area contributed by atoms with Crippen LogP contribution in [0.1, 0.15) is 44.7 Å². The van der Waals surface area contributed by atoms with Crippen molar-refractivity contribution in [1.29, 1.82) is 0 Å². The van der Waals surface area contributed by atoms with E-state index in [4.69, 9.17) is 4.42 Å². The van der Waals surface area contributed by atoms with Crippen molar-refractivity contribution < 1.29 is 4.42 Å². The van der Waals surface area contributed by atoms with Crippen molar-refractivity contribution in [2.45, 2.75) is 39.2 Å². The largest absolute Gasteiger partial charge is 0.472 e. The Kier molecular flexibility index (Phi) is 2.73. The molecule has 1 aromatic heterocycles. The van der Waals surface area contributed by atoms with E-state index in [1.54, 1.807) is 12.0 Å². The zero-order valence-corrected chi connectivity index (χ0v) is 10.7. The molecule has 2 heteroatoms. The summed E-state index contributed by atoms with van der Waals surface area (Å²) >= 11 is 0. The van der Waals surface area contributed by atoms with Crippen molar-refractivity contribution in [2.24, 2.45) is 11.8 Å². The first-order chi connectivity index (χ1) is 8.25. The van der Waals surface area contributed by atoms with Gasteiger partial charge in [-0.1, -0.05) is 19.9 Å². The predicted octanol–water partition coefficient (Wildman–Crippen LogP) is 3.98. The molecule has 0 bridgehead atoms. The minimum Gasteiger partial charge on any atom is -0.472 e. The molecule has 92 valence electrons. The van der Waals surface area contributed by atoms with Crippen LogP contribution in [-0.4, -0.2) is 11.4 Å². The molecule has 0 saturated carbocycles. The first-order valence-electron chi connectivity index (χ1n) is 6.74. The number of allylic oxidation sites excluding steroid dienone is 2. The maximum absolute atomic E-state index is 5.25. The molecule has 3 heterocycles. The Morgan fingerprint density at radius 3 is 2.94 bits per heavy atom. The van der Waals surface area contributed by atoms with E-state index in [2.05, 4.69) is 30.9 Å². The predicted molar refractivity (Wildman–Crippen MR) is 68.4 cm³/mol. The molecule has 3 atom stereocenters. The highest BCUT2D eigenvalue weighted by molar-refractivity contribution is 5.21. The van der Waals surface area contributed by atoms with Gasteiger partial charge in [0.25, 0.3) is 0 Å². The smallest absolute Gasteiger partial charge is 0.0955 e. The van der Waals surface area contributed by atoms with Crippen molar-refractivity contribution in [2.75, 3.05) is 6.54 Å². The van der Waals surface area contributed by atoms with E-state index in [1.165, 1.54) is 31.4 Å². The normalized spacial score (nSPS) is 33.2. The molecule has 2 aliphatic rings. The van der Waals surface area contributed by atoms with Gasteiger partial charge in [-0.15, -0.1) is 0 Å². The Labute approximate surface area is 103 Å². The van der Waals surface area contributed by atoms with Crippen LogP contribution in [0.15, 0.2) is 34.8 Å². The third-order valence-electron chi connectivity index (χ3n) is 4.25. The van der Waals surface area contributed by atoms with Crippen LogP contribution in [0.2, 0.25) is 0 Å². The molecule has 17 heavy (non-hydrogen) atoms. The van der Waals surface area contributed by atoms with Gasteiger partial charge in [0, 0.05) is 17.8 Å². The van der Waals surface area contributed by atoms with Crippen LogP contribution in [0.5, 0.6) is 0 Å². The van der Waals surface area contributed by atoms with Gasteiger partial charge in [0.15, 0.2) is 0 Å². The summed E-state index contributed by atoms with van der Waals surface area (Å²) in [5.41, 5.74) is 2.91. The van der Waals surface area contributed by atoms with Gasteiger partial charge in [-0.3, -0.25) is 0 Å². The molecule has 2 aliphatic heterocycles. The Balaban J connectivity index is 1.91. The first kappa shape index (κ1) is 10.9. The fourth-order valence-corrected chi connectivity index (χ4v) is 3.27. The summed E-state index contributed by atoms with van der Waals surface area (Å²) in [6.45, 7) is 5.91. The van der Waals surface area contributed by atoms with Crippen molar-refractivity contribution in [1.82, 2.24) is 4.90 Å². The Hall–Kier alpha value is -1.18. The minimum absolute atomic E-state index is 0.541. The maximum atomic E-state index is 5.25. The van der Waals surface area contributed by atoms with Gasteiger partial charge in [-0.2, -0.15) is 0 Å². The van der Waals surface area contributed by atoms with Gasteiger partial charge in [-0.25, -0.2) is 0 Å². The minimum atomic E-state index is 0.541. The van der Waals surface area contributed by atoms with E-state index in [0.29, 0.717) is 6.04 Å². The van der Waals surface area contributed by atoms with E-state index in [-0.39, 0.29) is 0 Å². The lowest BCUT2D eigenvalue weighted by Gasteiger charge is -2.46. The summed E-state index contributed by atoms with van der Waals surface area (Å²) in [5, 5.41) is 0. The number of fused-ring (bicyclic) bond motifs is 1. The van der Waals surface area contributed by atoms with Gasteiger partial charge in [0.2, 0.25) is 0 Å². The number of nitrogens with zero attached hydrogens (tertiary/aromatic N) is 1. The number of rotatable bonds is 1. The van der Waals surface area contributed by atoms with Crippen molar-refractivity contribution in [3.63, 3.8) is 0 Å². The average molecular weight is 231 g/mol. The van der Waals surface area contributed by atoms with Crippen LogP contribution in [0.4, 0.5) is 0 Å². The molecule has 0 amide bonds. The molecule has 0 aliphatic carbocycles. The van der Waals surface area contributed by atoms with Crippen molar-refractivity contribution >= 4 is 0 Å². The second kappa shape index (κ2) is 4.25. The summed E-state index contributed by atoms with van der Waals surface area (Å²) in [6, 6.07) is 2.66. The zero-order valence-electron chi connectivity index (χ0n) is 10.7. The van der Waals surface area contributed by atoms with Crippen LogP contribution >= 0.6 is 0 Å². The molecule has 1 aromatic rings. The highest BCUT2D eigenvalue weighted by atomic mass is 16.3. The second-order valence-corrected chi connectivity index (χ2v) is 5.67. The zero-order chi connectivity index (χ0) is 11.8. The fourth-order valence-electron chi connectivity index (χ4n) is 3.27. The van der Waals surface area contributed by atoms with Crippen LogP contribution in [0.3, 0.4) is 0 Å². The van der Waals surface area contributed by atoms with E-state index < -0.39 is 0 Å². The topological polar surface area (TPSA) is 16.4 Å². The van der Waals surface area contributed by atoms with Crippen LogP contribution < -0.4 is 0 Å².